The predicted octanol–water partition coefficient (Wildman–Crippen LogP) is 3.45. The van der Waals surface area contributed by atoms with Crippen molar-refractivity contribution >= 4 is 0 Å². The van der Waals surface area contributed by atoms with Crippen molar-refractivity contribution in [1.29, 1.82) is 0 Å². The lowest BCUT2D eigenvalue weighted by atomic mass is 9.97. The van der Waals surface area contributed by atoms with E-state index in [1.54, 1.807) is 0 Å². The number of rotatable bonds is 3. The third-order valence-corrected chi connectivity index (χ3v) is 5.35. The summed E-state index contributed by atoms with van der Waals surface area (Å²) in [7, 11) is 0. The summed E-state index contributed by atoms with van der Waals surface area (Å²) in [5.74, 6) is 0. The Hall–Kier alpha value is -0.860. The van der Waals surface area contributed by atoms with Crippen LogP contribution in [0.25, 0.3) is 0 Å². The van der Waals surface area contributed by atoms with Crippen LogP contribution in [0.4, 0.5) is 0 Å². The van der Waals surface area contributed by atoms with Crippen molar-refractivity contribution in [2.45, 2.75) is 58.3 Å². The number of benzene rings is 1. The smallest absolute Gasteiger partial charge is 0.0917 e. The maximum atomic E-state index is 6.43. The molecular weight excluding hydrogens is 222 g/mol. The molecule has 2 unspecified atom stereocenters. The molecule has 1 saturated carbocycles. The SMILES string of the molecule is CC(C)(OC1(C)C(C)(C)C1(C)N)c1ccccc1. The molecule has 1 aliphatic rings. The highest BCUT2D eigenvalue weighted by Crippen LogP contribution is 2.66. The average Bonchev–Trinajstić information content (AvgIpc) is 2.56. The zero-order chi connectivity index (χ0) is 13.8. The van der Waals surface area contributed by atoms with Crippen LogP contribution in [-0.2, 0) is 10.3 Å². The summed E-state index contributed by atoms with van der Waals surface area (Å²) in [6.07, 6.45) is 0. The Morgan fingerprint density at radius 2 is 1.44 bits per heavy atom. The first-order chi connectivity index (χ1) is 8.06. The lowest BCUT2D eigenvalue weighted by Crippen LogP contribution is -2.37. The highest BCUT2D eigenvalue weighted by atomic mass is 16.5. The molecule has 0 aromatic heterocycles. The molecule has 100 valence electrons. The molecule has 18 heavy (non-hydrogen) atoms. The molecule has 0 saturated heterocycles. The van der Waals surface area contributed by atoms with Gasteiger partial charge in [0.05, 0.1) is 16.7 Å². The fourth-order valence-corrected chi connectivity index (χ4v) is 2.98. The van der Waals surface area contributed by atoms with Gasteiger partial charge in [-0.25, -0.2) is 0 Å². The summed E-state index contributed by atoms with van der Waals surface area (Å²) in [6, 6.07) is 10.3. The molecule has 0 bridgehead atoms. The predicted molar refractivity (Wildman–Crippen MR) is 75.3 cm³/mol. The lowest BCUT2D eigenvalue weighted by Gasteiger charge is -2.32. The lowest BCUT2D eigenvalue weighted by molar-refractivity contribution is -0.105. The van der Waals surface area contributed by atoms with Gasteiger partial charge in [0.25, 0.3) is 0 Å². The van der Waals surface area contributed by atoms with Gasteiger partial charge < -0.3 is 10.5 Å². The monoisotopic (exact) mass is 247 g/mol. The molecule has 1 aromatic carbocycles. The Labute approximate surface area is 111 Å². The quantitative estimate of drug-likeness (QED) is 0.888. The first-order valence-corrected chi connectivity index (χ1v) is 6.61. The topological polar surface area (TPSA) is 35.2 Å². The second-order valence-electron chi connectivity index (χ2n) is 6.84. The minimum absolute atomic E-state index is 0.00789. The van der Waals surface area contributed by atoms with Crippen molar-refractivity contribution in [2.24, 2.45) is 11.1 Å². The highest BCUT2D eigenvalue weighted by Gasteiger charge is 2.77. The van der Waals surface area contributed by atoms with E-state index >= 15 is 0 Å². The molecular formula is C16H25NO. The Bertz CT molecular complexity index is 431. The van der Waals surface area contributed by atoms with Gasteiger partial charge in [0, 0.05) is 5.41 Å². The van der Waals surface area contributed by atoms with Crippen LogP contribution in [0.1, 0.15) is 47.1 Å². The van der Waals surface area contributed by atoms with E-state index < -0.39 is 0 Å². The maximum Gasteiger partial charge on any atom is 0.0917 e. The van der Waals surface area contributed by atoms with Crippen LogP contribution in [0.3, 0.4) is 0 Å². The number of hydrogen-bond acceptors (Lipinski definition) is 2. The van der Waals surface area contributed by atoms with Crippen molar-refractivity contribution in [3.05, 3.63) is 35.9 Å². The third kappa shape index (κ3) is 1.55. The van der Waals surface area contributed by atoms with Crippen LogP contribution in [0.2, 0.25) is 0 Å². The zero-order valence-electron chi connectivity index (χ0n) is 12.4. The van der Waals surface area contributed by atoms with E-state index in [0.29, 0.717) is 0 Å². The maximum absolute atomic E-state index is 6.43. The Morgan fingerprint density at radius 3 is 1.83 bits per heavy atom. The van der Waals surface area contributed by atoms with E-state index in [2.05, 4.69) is 53.7 Å². The summed E-state index contributed by atoms with van der Waals surface area (Å²) in [5.41, 5.74) is 6.65. The molecule has 0 amide bonds. The van der Waals surface area contributed by atoms with Gasteiger partial charge >= 0.3 is 0 Å². The molecule has 0 aliphatic heterocycles. The van der Waals surface area contributed by atoms with Gasteiger partial charge in [0.1, 0.15) is 0 Å². The zero-order valence-corrected chi connectivity index (χ0v) is 12.4. The van der Waals surface area contributed by atoms with Crippen molar-refractivity contribution in [3.8, 4) is 0 Å². The number of hydrogen-bond donors (Lipinski definition) is 1. The molecule has 1 fully saturated rings. The standard InChI is InChI=1S/C16H25NO/c1-13(2,12-10-8-7-9-11-12)18-16(6)14(3,4)15(16,5)17/h7-11H,17H2,1-6H3. The second kappa shape index (κ2) is 3.58. The molecule has 2 rings (SSSR count). The van der Waals surface area contributed by atoms with E-state index in [9.17, 15) is 0 Å². The van der Waals surface area contributed by atoms with E-state index in [1.165, 1.54) is 5.56 Å². The summed E-state index contributed by atoms with van der Waals surface area (Å²) < 4.78 is 6.43. The van der Waals surface area contributed by atoms with Crippen LogP contribution >= 0.6 is 0 Å². The summed E-state index contributed by atoms with van der Waals surface area (Å²) in [4.78, 5) is 0. The molecule has 1 aromatic rings. The molecule has 0 spiro atoms. The molecule has 2 atom stereocenters. The number of nitrogens with two attached hydrogens (primary N) is 1. The molecule has 2 N–H and O–H groups in total. The van der Waals surface area contributed by atoms with Gasteiger partial charge in [-0.2, -0.15) is 0 Å². The first kappa shape index (κ1) is 13.6. The van der Waals surface area contributed by atoms with E-state index in [0.717, 1.165) is 0 Å². The minimum atomic E-state index is -0.329. The van der Waals surface area contributed by atoms with E-state index in [4.69, 9.17) is 10.5 Å². The third-order valence-electron chi connectivity index (χ3n) is 5.35. The van der Waals surface area contributed by atoms with Crippen LogP contribution in [0.5, 0.6) is 0 Å². The van der Waals surface area contributed by atoms with Gasteiger partial charge in [-0.15, -0.1) is 0 Å². The Balaban J connectivity index is 2.26. The summed E-state index contributed by atoms with van der Waals surface area (Å²) in [5, 5.41) is 0. The largest absolute Gasteiger partial charge is 0.362 e. The molecule has 0 radical (unpaired) electrons. The molecule has 2 nitrogen and oxygen atoms in total. The Kier molecular flexibility index (Phi) is 2.70. The van der Waals surface area contributed by atoms with Gasteiger partial charge in [0.2, 0.25) is 0 Å². The van der Waals surface area contributed by atoms with Crippen LogP contribution in [-0.4, -0.2) is 11.1 Å². The average molecular weight is 247 g/mol. The fourth-order valence-electron chi connectivity index (χ4n) is 2.98. The van der Waals surface area contributed by atoms with Crippen molar-refractivity contribution in [1.82, 2.24) is 0 Å². The van der Waals surface area contributed by atoms with Gasteiger partial charge in [-0.1, -0.05) is 44.2 Å². The summed E-state index contributed by atoms with van der Waals surface area (Å²) in [6.45, 7) is 12.8. The van der Waals surface area contributed by atoms with Gasteiger partial charge in [-0.3, -0.25) is 0 Å². The number of ether oxygens (including phenoxy) is 1. The van der Waals surface area contributed by atoms with Crippen LogP contribution in [0, 0.1) is 5.41 Å². The molecule has 0 heterocycles. The minimum Gasteiger partial charge on any atom is -0.362 e. The molecule has 1 aliphatic carbocycles. The Morgan fingerprint density at radius 1 is 1.00 bits per heavy atom. The first-order valence-electron chi connectivity index (χ1n) is 6.61. The van der Waals surface area contributed by atoms with E-state index in [1.807, 2.05) is 18.2 Å². The fraction of sp³-hybridized carbons (Fsp3) is 0.625. The van der Waals surface area contributed by atoms with Crippen molar-refractivity contribution in [3.63, 3.8) is 0 Å². The van der Waals surface area contributed by atoms with Gasteiger partial charge in [0.15, 0.2) is 0 Å². The van der Waals surface area contributed by atoms with Crippen molar-refractivity contribution < 1.29 is 4.74 Å². The van der Waals surface area contributed by atoms with E-state index in [-0.39, 0.29) is 22.2 Å². The van der Waals surface area contributed by atoms with Crippen LogP contribution in [0.15, 0.2) is 30.3 Å². The summed E-state index contributed by atoms with van der Waals surface area (Å²) >= 11 is 0. The van der Waals surface area contributed by atoms with Gasteiger partial charge in [-0.05, 0) is 33.3 Å². The normalized spacial score (nSPS) is 34.4. The second-order valence-corrected chi connectivity index (χ2v) is 6.84. The van der Waals surface area contributed by atoms with Crippen molar-refractivity contribution in [2.75, 3.05) is 0 Å². The molecule has 2 heteroatoms. The highest BCUT2D eigenvalue weighted by molar-refractivity contribution is 5.33. The van der Waals surface area contributed by atoms with Crippen LogP contribution < -0.4 is 5.73 Å².